The molecule has 6 atom stereocenters. The van der Waals surface area contributed by atoms with Crippen molar-refractivity contribution < 1.29 is 32.6 Å². The van der Waals surface area contributed by atoms with E-state index in [0.717, 1.165) is 37.8 Å². The zero-order valence-electron chi connectivity index (χ0n) is 27.3. The maximum absolute atomic E-state index is 13.7. The molecule has 6 rings (SSSR count). The molecule has 254 valence electrons. The molecular weight excluding hydrogens is 640 g/mol. The lowest BCUT2D eigenvalue weighted by atomic mass is 9.68. The fraction of sp³-hybridized carbons (Fsp3) is 0.556. The quantitative estimate of drug-likeness (QED) is 0.318. The molecule has 47 heavy (non-hydrogen) atoms. The topological polar surface area (TPSA) is 122 Å². The molecule has 2 heterocycles. The number of nitrogens with zero attached hydrogens (tertiary/aromatic N) is 1. The Kier molecular flexibility index (Phi) is 9.67. The van der Waals surface area contributed by atoms with Gasteiger partial charge in [-0.05, 0) is 112 Å². The molecule has 9 nitrogen and oxygen atoms in total. The highest BCUT2D eigenvalue weighted by Crippen LogP contribution is 2.47. The number of hydrogen-bond acceptors (Lipinski definition) is 8. The van der Waals surface area contributed by atoms with Crippen LogP contribution in [0.2, 0.25) is 5.02 Å². The minimum Gasteiger partial charge on any atom is -0.490 e. The van der Waals surface area contributed by atoms with Crippen molar-refractivity contribution >= 4 is 39.2 Å². The molecule has 2 aromatic carbocycles. The summed E-state index contributed by atoms with van der Waals surface area (Å²) in [6.07, 6.45) is 7.21. The number of amides is 1. The van der Waals surface area contributed by atoms with E-state index in [0.29, 0.717) is 36.9 Å². The molecule has 2 bridgehead atoms. The van der Waals surface area contributed by atoms with Gasteiger partial charge in [0.25, 0.3) is 5.91 Å². The average Bonchev–Trinajstić information content (AvgIpc) is 3.13. The van der Waals surface area contributed by atoms with Crippen molar-refractivity contribution in [2.75, 3.05) is 24.6 Å². The number of fused-ring (bicyclic) bond motifs is 4. The van der Waals surface area contributed by atoms with Crippen LogP contribution < -0.4 is 14.4 Å². The van der Waals surface area contributed by atoms with E-state index < -0.39 is 51.7 Å². The first-order chi connectivity index (χ1) is 22.3. The Labute approximate surface area is 282 Å². The van der Waals surface area contributed by atoms with Crippen molar-refractivity contribution in [3.8, 4) is 5.75 Å². The second-order valence-electron chi connectivity index (χ2n) is 14.1. The SMILES string of the molecule is CC(C)OC(=O)C[C@@H]1[C@H](C)/C=C\C[C@H](O)[C@@H]2CC[C@H]2CN2C[C@@]3(CCCc4cc(Cl)ccc43)COc3ccc(cc32)C(=O)NS1(=O)=O. The van der Waals surface area contributed by atoms with E-state index in [1.807, 2.05) is 6.07 Å². The van der Waals surface area contributed by atoms with E-state index in [4.69, 9.17) is 21.1 Å². The first-order valence-corrected chi connectivity index (χ1v) is 18.7. The van der Waals surface area contributed by atoms with Crippen LogP contribution in [0.1, 0.15) is 80.8 Å². The van der Waals surface area contributed by atoms with E-state index in [2.05, 4.69) is 21.8 Å². The van der Waals surface area contributed by atoms with Crippen LogP contribution in [-0.4, -0.2) is 62.6 Å². The molecule has 1 amide bonds. The van der Waals surface area contributed by atoms with E-state index in [9.17, 15) is 23.1 Å². The number of aliphatic hydroxyl groups is 1. The number of esters is 1. The number of halogens is 1. The number of allylic oxidation sites excluding steroid dienone is 1. The van der Waals surface area contributed by atoms with Crippen LogP contribution in [0.4, 0.5) is 5.69 Å². The predicted molar refractivity (Wildman–Crippen MR) is 181 cm³/mol. The Bertz CT molecular complexity index is 1660. The van der Waals surface area contributed by atoms with Gasteiger partial charge in [0.15, 0.2) is 0 Å². The molecular formula is C36H45ClN2O7S. The number of aliphatic hydroxyl groups excluding tert-OH is 1. The van der Waals surface area contributed by atoms with E-state index in [1.54, 1.807) is 51.1 Å². The normalized spacial score (nSPS) is 31.0. The molecule has 0 unspecified atom stereocenters. The third-order valence-electron chi connectivity index (χ3n) is 10.5. The molecule has 1 spiro atoms. The van der Waals surface area contributed by atoms with Gasteiger partial charge < -0.3 is 19.5 Å². The summed E-state index contributed by atoms with van der Waals surface area (Å²) < 4.78 is 41.5. The molecule has 1 saturated carbocycles. The number of carbonyl (C=O) groups excluding carboxylic acids is 2. The fourth-order valence-electron chi connectivity index (χ4n) is 7.92. The molecule has 2 aromatic rings. The van der Waals surface area contributed by atoms with Crippen LogP contribution in [0.15, 0.2) is 48.6 Å². The molecule has 4 aliphatic rings. The first-order valence-electron chi connectivity index (χ1n) is 16.8. The Balaban J connectivity index is 1.39. The second kappa shape index (κ2) is 13.4. The molecule has 2 aliphatic carbocycles. The van der Waals surface area contributed by atoms with Crippen molar-refractivity contribution in [3.05, 3.63) is 70.3 Å². The summed E-state index contributed by atoms with van der Waals surface area (Å²) in [5.41, 5.74) is 3.05. The lowest BCUT2D eigenvalue weighted by Crippen LogP contribution is -2.49. The highest BCUT2D eigenvalue weighted by molar-refractivity contribution is 7.90. The largest absolute Gasteiger partial charge is 0.490 e. The monoisotopic (exact) mass is 684 g/mol. The Hall–Kier alpha value is -3.08. The average molecular weight is 685 g/mol. The molecule has 2 aliphatic heterocycles. The number of rotatable bonds is 3. The van der Waals surface area contributed by atoms with Crippen molar-refractivity contribution in [1.82, 2.24) is 4.72 Å². The standard InChI is InChI=1S/C36H45ClN2O7S/c1-22(2)46-34(41)18-33-23(3)6-4-8-31(40)28-12-9-26(28)19-39-20-36(15-5-7-24-16-27(37)11-13-29(24)36)21-45-32-14-10-25(17-30(32)39)35(42)38-47(33,43)44/h4,6,10-11,13-14,16-17,22-23,26,28,31,33,40H,5,7-9,12,15,18-21H2,1-3H3,(H,38,42)/b6-4-/t23-,26+,28-,31+,33-,36+/m1/s1. The molecule has 0 aromatic heterocycles. The highest BCUT2D eigenvalue weighted by Gasteiger charge is 2.44. The summed E-state index contributed by atoms with van der Waals surface area (Å²) in [6, 6.07) is 11.1. The summed E-state index contributed by atoms with van der Waals surface area (Å²) in [7, 11) is -4.32. The van der Waals surface area contributed by atoms with Gasteiger partial charge in [-0.15, -0.1) is 0 Å². The summed E-state index contributed by atoms with van der Waals surface area (Å²) in [5.74, 6) is -1.12. The van der Waals surface area contributed by atoms with Gasteiger partial charge in [-0.3, -0.25) is 9.59 Å². The van der Waals surface area contributed by atoms with Crippen LogP contribution in [0.25, 0.3) is 0 Å². The minimum absolute atomic E-state index is 0.0795. The van der Waals surface area contributed by atoms with Crippen LogP contribution >= 0.6 is 11.6 Å². The summed E-state index contributed by atoms with van der Waals surface area (Å²) in [6.45, 7) is 6.86. The maximum atomic E-state index is 13.7. The summed E-state index contributed by atoms with van der Waals surface area (Å²) >= 11 is 6.40. The van der Waals surface area contributed by atoms with Gasteiger partial charge in [-0.25, -0.2) is 13.1 Å². The summed E-state index contributed by atoms with van der Waals surface area (Å²) in [5, 5.41) is 10.8. The fourth-order valence-corrected chi connectivity index (χ4v) is 9.65. The van der Waals surface area contributed by atoms with Gasteiger partial charge in [-0.2, -0.15) is 0 Å². The van der Waals surface area contributed by atoms with E-state index in [-0.39, 0.29) is 22.8 Å². The van der Waals surface area contributed by atoms with Crippen molar-refractivity contribution in [2.24, 2.45) is 17.8 Å². The van der Waals surface area contributed by atoms with Crippen LogP contribution in [0, 0.1) is 17.8 Å². The zero-order valence-corrected chi connectivity index (χ0v) is 28.9. The first kappa shape index (κ1) is 33.8. The van der Waals surface area contributed by atoms with Gasteiger partial charge in [0.05, 0.1) is 36.2 Å². The zero-order chi connectivity index (χ0) is 33.5. The number of hydrogen-bond donors (Lipinski definition) is 2. The van der Waals surface area contributed by atoms with Crippen LogP contribution in [0.5, 0.6) is 5.75 Å². The lowest BCUT2D eigenvalue weighted by molar-refractivity contribution is -0.147. The van der Waals surface area contributed by atoms with Crippen molar-refractivity contribution in [1.29, 1.82) is 0 Å². The number of aryl methyl sites for hydroxylation is 1. The van der Waals surface area contributed by atoms with E-state index >= 15 is 0 Å². The number of benzene rings is 2. The minimum atomic E-state index is -4.32. The Morgan fingerprint density at radius 3 is 2.77 bits per heavy atom. The highest BCUT2D eigenvalue weighted by atomic mass is 35.5. The predicted octanol–water partition coefficient (Wildman–Crippen LogP) is 5.57. The van der Waals surface area contributed by atoms with Gasteiger partial charge in [0.1, 0.15) is 5.75 Å². The maximum Gasteiger partial charge on any atom is 0.307 e. The third-order valence-corrected chi connectivity index (χ3v) is 12.6. The number of nitrogens with one attached hydrogen (secondary N) is 1. The molecule has 0 radical (unpaired) electrons. The van der Waals surface area contributed by atoms with Crippen LogP contribution in [0.3, 0.4) is 0 Å². The van der Waals surface area contributed by atoms with E-state index in [1.165, 1.54) is 11.1 Å². The summed E-state index contributed by atoms with van der Waals surface area (Å²) in [4.78, 5) is 28.6. The molecule has 1 fully saturated rings. The van der Waals surface area contributed by atoms with Crippen molar-refractivity contribution in [3.63, 3.8) is 0 Å². The van der Waals surface area contributed by atoms with Gasteiger partial charge >= 0.3 is 5.97 Å². The number of anilines is 1. The van der Waals surface area contributed by atoms with Gasteiger partial charge in [0, 0.05) is 29.1 Å². The molecule has 11 heteroatoms. The molecule has 0 saturated heterocycles. The number of carbonyl (C=O) groups is 2. The lowest BCUT2D eigenvalue weighted by Gasteiger charge is -2.45. The van der Waals surface area contributed by atoms with Gasteiger partial charge in [0.2, 0.25) is 10.0 Å². The Morgan fingerprint density at radius 2 is 2.02 bits per heavy atom. The third kappa shape index (κ3) is 7.06. The number of sulfonamides is 1. The number of ether oxygens (including phenoxy) is 2. The van der Waals surface area contributed by atoms with Gasteiger partial charge in [-0.1, -0.05) is 36.7 Å². The van der Waals surface area contributed by atoms with Crippen LogP contribution in [-0.2, 0) is 31.4 Å². The van der Waals surface area contributed by atoms with Crippen molar-refractivity contribution in [2.45, 2.75) is 88.6 Å². The second-order valence-corrected chi connectivity index (χ2v) is 16.5. The smallest absolute Gasteiger partial charge is 0.307 e. The molecule has 2 N–H and O–H groups in total. The Morgan fingerprint density at radius 1 is 1.21 bits per heavy atom.